The number of hydrogen-bond acceptors (Lipinski definition) is 4. The molecule has 0 spiro atoms. The van der Waals surface area contributed by atoms with Crippen molar-refractivity contribution in [2.75, 3.05) is 0 Å². The van der Waals surface area contributed by atoms with E-state index < -0.39 is 0 Å². The zero-order valence-corrected chi connectivity index (χ0v) is 15.9. The highest BCUT2D eigenvalue weighted by Crippen LogP contribution is 2.48. The Kier molecular flexibility index (Phi) is 3.92. The van der Waals surface area contributed by atoms with E-state index in [2.05, 4.69) is 28.6 Å². The highest BCUT2D eigenvalue weighted by molar-refractivity contribution is 7.12. The normalized spacial score (nSPS) is 21.0. The predicted molar refractivity (Wildman–Crippen MR) is 106 cm³/mol. The highest BCUT2D eigenvalue weighted by atomic mass is 35.5. The fourth-order valence-corrected chi connectivity index (χ4v) is 4.54. The molecule has 0 aliphatic carbocycles. The van der Waals surface area contributed by atoms with Crippen LogP contribution in [0.2, 0.25) is 10.0 Å². The average molecular weight is 401 g/mol. The van der Waals surface area contributed by atoms with Gasteiger partial charge in [0.25, 0.3) is 0 Å². The minimum absolute atomic E-state index is 0.150. The molecule has 2 aliphatic rings. The summed E-state index contributed by atoms with van der Waals surface area (Å²) in [7, 11) is 0. The number of fused-ring (bicyclic) bond motifs is 3. The Bertz CT molecular complexity index is 1000. The maximum Gasteiger partial charge on any atom is 0.213 e. The van der Waals surface area contributed by atoms with Crippen LogP contribution >= 0.6 is 34.5 Å². The second kappa shape index (κ2) is 6.31. The van der Waals surface area contributed by atoms with Gasteiger partial charge >= 0.3 is 0 Å². The summed E-state index contributed by atoms with van der Waals surface area (Å²) in [5.41, 5.74) is 3.20. The van der Waals surface area contributed by atoms with Crippen LogP contribution in [0.5, 0.6) is 5.75 Å². The molecule has 0 amide bonds. The van der Waals surface area contributed by atoms with Gasteiger partial charge in [0.05, 0.1) is 26.7 Å². The third-order valence-corrected chi connectivity index (χ3v) is 6.39. The van der Waals surface area contributed by atoms with E-state index >= 15 is 0 Å². The van der Waals surface area contributed by atoms with Gasteiger partial charge in [-0.1, -0.05) is 53.5 Å². The summed E-state index contributed by atoms with van der Waals surface area (Å²) in [6.07, 6.45) is 0.528. The average Bonchev–Trinajstić information content (AvgIpc) is 3.33. The predicted octanol–water partition coefficient (Wildman–Crippen LogP) is 6.30. The summed E-state index contributed by atoms with van der Waals surface area (Å²) < 4.78 is 6.31. The monoisotopic (exact) mass is 400 g/mol. The van der Waals surface area contributed by atoms with Crippen LogP contribution in [0.3, 0.4) is 0 Å². The molecular weight excluding hydrogens is 387 g/mol. The second-order valence-electron chi connectivity index (χ2n) is 6.31. The molecule has 6 heteroatoms. The Balaban J connectivity index is 1.61. The molecule has 0 saturated carbocycles. The minimum atomic E-state index is -0.331. The standard InChI is InChI=1S/C20H14Cl2N2OS/c21-14-8-7-12(10-15(14)22)20-24-17(13-4-1-2-5-18(13)25-20)11-16(23-24)19-6-3-9-26-19/h1-10,17,20H,11H2/t17-,20-/m1/s1. The Hall–Kier alpha value is -2.01. The lowest BCUT2D eigenvalue weighted by atomic mass is 9.98. The van der Waals surface area contributed by atoms with Crippen molar-refractivity contribution in [3.8, 4) is 5.75 Å². The maximum atomic E-state index is 6.31. The lowest BCUT2D eigenvalue weighted by Gasteiger charge is -2.38. The molecule has 0 fully saturated rings. The van der Waals surface area contributed by atoms with E-state index in [1.165, 1.54) is 10.4 Å². The Morgan fingerprint density at radius 3 is 2.73 bits per heavy atom. The Morgan fingerprint density at radius 2 is 1.92 bits per heavy atom. The number of nitrogens with zero attached hydrogens (tertiary/aromatic N) is 2. The number of benzene rings is 2. The van der Waals surface area contributed by atoms with E-state index in [1.807, 2.05) is 30.3 Å². The van der Waals surface area contributed by atoms with Crippen LogP contribution in [0.1, 0.15) is 34.7 Å². The molecule has 3 nitrogen and oxygen atoms in total. The van der Waals surface area contributed by atoms with E-state index in [0.717, 1.165) is 23.4 Å². The molecule has 0 N–H and O–H groups in total. The van der Waals surface area contributed by atoms with E-state index in [9.17, 15) is 0 Å². The van der Waals surface area contributed by atoms with Gasteiger partial charge in [0, 0.05) is 17.5 Å². The van der Waals surface area contributed by atoms with Gasteiger partial charge in [-0.25, -0.2) is 5.01 Å². The maximum absolute atomic E-state index is 6.31. The largest absolute Gasteiger partial charge is 0.464 e. The molecule has 130 valence electrons. The van der Waals surface area contributed by atoms with Crippen molar-refractivity contribution in [2.45, 2.75) is 18.7 Å². The van der Waals surface area contributed by atoms with Crippen LogP contribution in [0.15, 0.2) is 65.1 Å². The van der Waals surface area contributed by atoms with Crippen LogP contribution in [-0.2, 0) is 0 Å². The van der Waals surface area contributed by atoms with Crippen molar-refractivity contribution in [3.05, 3.63) is 86.0 Å². The molecule has 5 rings (SSSR count). The molecule has 3 aromatic rings. The number of para-hydroxylation sites is 1. The number of hydrazone groups is 1. The third kappa shape index (κ3) is 2.60. The summed E-state index contributed by atoms with van der Waals surface area (Å²) in [5, 5.41) is 10.1. The van der Waals surface area contributed by atoms with Crippen molar-refractivity contribution in [3.63, 3.8) is 0 Å². The van der Waals surface area contributed by atoms with Crippen LogP contribution < -0.4 is 4.74 Å². The van der Waals surface area contributed by atoms with Crippen molar-refractivity contribution >= 4 is 40.3 Å². The Morgan fingerprint density at radius 1 is 1.04 bits per heavy atom. The molecule has 0 saturated heterocycles. The first-order valence-electron chi connectivity index (χ1n) is 8.31. The van der Waals surface area contributed by atoms with Crippen LogP contribution in [0.4, 0.5) is 0 Å². The van der Waals surface area contributed by atoms with Crippen molar-refractivity contribution < 1.29 is 4.74 Å². The number of halogens is 2. The fraction of sp³-hybridized carbons (Fsp3) is 0.150. The van der Waals surface area contributed by atoms with Gasteiger partial charge in [-0.05, 0) is 29.6 Å². The van der Waals surface area contributed by atoms with Crippen LogP contribution in [0, 0.1) is 0 Å². The smallest absolute Gasteiger partial charge is 0.213 e. The van der Waals surface area contributed by atoms with Gasteiger partial charge in [0.15, 0.2) is 0 Å². The van der Waals surface area contributed by atoms with Crippen LogP contribution in [-0.4, -0.2) is 10.7 Å². The summed E-state index contributed by atoms with van der Waals surface area (Å²) in [5.74, 6) is 0.896. The van der Waals surface area contributed by atoms with Gasteiger partial charge in [-0.3, -0.25) is 0 Å². The zero-order chi connectivity index (χ0) is 17.7. The van der Waals surface area contributed by atoms with Gasteiger partial charge in [-0.2, -0.15) is 5.10 Å². The van der Waals surface area contributed by atoms with E-state index in [1.54, 1.807) is 17.4 Å². The van der Waals surface area contributed by atoms with Gasteiger partial charge in [0.2, 0.25) is 6.23 Å². The second-order valence-corrected chi connectivity index (χ2v) is 8.07. The quantitative estimate of drug-likeness (QED) is 0.504. The van der Waals surface area contributed by atoms with Crippen LogP contribution in [0.25, 0.3) is 0 Å². The fourth-order valence-electron chi connectivity index (χ4n) is 3.51. The lowest BCUT2D eigenvalue weighted by Crippen LogP contribution is -2.33. The SMILES string of the molecule is Clc1ccc([C@H]2Oc3ccccc3[C@H]3CC(c4cccs4)=NN32)cc1Cl. The lowest BCUT2D eigenvalue weighted by molar-refractivity contribution is -0.0190. The summed E-state index contributed by atoms with van der Waals surface area (Å²) in [6.45, 7) is 0. The zero-order valence-electron chi connectivity index (χ0n) is 13.6. The first kappa shape index (κ1) is 16.2. The number of thiophene rings is 1. The molecule has 1 aromatic heterocycles. The minimum Gasteiger partial charge on any atom is -0.464 e. The first-order valence-corrected chi connectivity index (χ1v) is 9.94. The van der Waals surface area contributed by atoms with E-state index in [0.29, 0.717) is 10.0 Å². The van der Waals surface area contributed by atoms with E-state index in [-0.39, 0.29) is 12.3 Å². The summed E-state index contributed by atoms with van der Waals surface area (Å²) in [4.78, 5) is 1.20. The Labute approximate surface area is 165 Å². The summed E-state index contributed by atoms with van der Waals surface area (Å²) in [6, 6.07) is 18.1. The molecule has 26 heavy (non-hydrogen) atoms. The third-order valence-electron chi connectivity index (χ3n) is 4.73. The number of hydrogen-bond donors (Lipinski definition) is 0. The van der Waals surface area contributed by atoms with Crippen molar-refractivity contribution in [1.29, 1.82) is 0 Å². The van der Waals surface area contributed by atoms with Gasteiger partial charge < -0.3 is 4.74 Å². The molecule has 0 bridgehead atoms. The number of ether oxygens (including phenoxy) is 1. The molecule has 2 aromatic carbocycles. The molecule has 0 unspecified atom stereocenters. The topological polar surface area (TPSA) is 24.8 Å². The van der Waals surface area contributed by atoms with Gasteiger partial charge in [0.1, 0.15) is 5.75 Å². The van der Waals surface area contributed by atoms with Crippen molar-refractivity contribution in [2.24, 2.45) is 5.10 Å². The first-order chi connectivity index (χ1) is 12.7. The van der Waals surface area contributed by atoms with E-state index in [4.69, 9.17) is 33.0 Å². The summed E-state index contributed by atoms with van der Waals surface area (Å²) >= 11 is 14.0. The molecule has 2 aliphatic heterocycles. The molecule has 2 atom stereocenters. The molecular formula is C20H14Cl2N2OS. The molecule has 0 radical (unpaired) electrons. The van der Waals surface area contributed by atoms with Gasteiger partial charge in [-0.15, -0.1) is 11.3 Å². The highest BCUT2D eigenvalue weighted by Gasteiger charge is 2.41. The number of rotatable bonds is 2. The molecule has 3 heterocycles. The van der Waals surface area contributed by atoms with Crippen molar-refractivity contribution in [1.82, 2.24) is 5.01 Å².